The second kappa shape index (κ2) is 8.69. The van der Waals surface area contributed by atoms with Gasteiger partial charge < -0.3 is 20.3 Å². The second-order valence-corrected chi connectivity index (χ2v) is 9.28. The molecule has 0 radical (unpaired) electrons. The molecule has 3 rings (SSSR count). The SMILES string of the molecule is CC(C)(C)OC(=O)N1C[C@@H](N)[C@H](C(=O)N2CCC[C@@H](Cc3ccc(F)cc3)C2)C1. The Labute approximate surface area is 172 Å². The van der Waals surface area contributed by atoms with Crippen molar-refractivity contribution in [2.75, 3.05) is 26.2 Å². The number of benzene rings is 1. The highest BCUT2D eigenvalue weighted by atomic mass is 19.1. The van der Waals surface area contributed by atoms with E-state index in [4.69, 9.17) is 10.5 Å². The Bertz CT molecular complexity index is 732. The van der Waals surface area contributed by atoms with E-state index < -0.39 is 17.6 Å². The number of hydrogen-bond acceptors (Lipinski definition) is 4. The zero-order chi connectivity index (χ0) is 21.2. The fraction of sp³-hybridized carbons (Fsp3) is 0.636. The molecule has 2 N–H and O–H groups in total. The van der Waals surface area contributed by atoms with Gasteiger partial charge in [0.25, 0.3) is 0 Å². The Morgan fingerprint density at radius 1 is 1.14 bits per heavy atom. The summed E-state index contributed by atoms with van der Waals surface area (Å²) in [6.07, 6.45) is 2.39. The molecule has 2 aliphatic heterocycles. The third-order valence-corrected chi connectivity index (χ3v) is 5.60. The van der Waals surface area contributed by atoms with Crippen LogP contribution in [0.2, 0.25) is 0 Å². The molecule has 3 atom stereocenters. The molecule has 0 aromatic heterocycles. The van der Waals surface area contributed by atoms with E-state index in [1.54, 1.807) is 4.90 Å². The number of hydrogen-bond donors (Lipinski definition) is 1. The predicted octanol–water partition coefficient (Wildman–Crippen LogP) is 2.80. The summed E-state index contributed by atoms with van der Waals surface area (Å²) in [5, 5.41) is 0. The molecule has 6 nitrogen and oxygen atoms in total. The van der Waals surface area contributed by atoms with Crippen molar-refractivity contribution in [3.63, 3.8) is 0 Å². The normalized spacial score (nSPS) is 25.2. The highest BCUT2D eigenvalue weighted by Crippen LogP contribution is 2.26. The molecule has 0 saturated carbocycles. The van der Waals surface area contributed by atoms with Crippen molar-refractivity contribution < 1.29 is 18.7 Å². The van der Waals surface area contributed by atoms with Crippen LogP contribution in [0.3, 0.4) is 0 Å². The van der Waals surface area contributed by atoms with Crippen LogP contribution in [0.1, 0.15) is 39.2 Å². The highest BCUT2D eigenvalue weighted by molar-refractivity contribution is 5.81. The van der Waals surface area contributed by atoms with Crippen molar-refractivity contribution in [3.05, 3.63) is 35.6 Å². The number of nitrogens with zero attached hydrogens (tertiary/aromatic N) is 2. The summed E-state index contributed by atoms with van der Waals surface area (Å²) in [6, 6.07) is 6.18. The summed E-state index contributed by atoms with van der Waals surface area (Å²) < 4.78 is 18.5. The summed E-state index contributed by atoms with van der Waals surface area (Å²) in [6.45, 7) is 7.47. The summed E-state index contributed by atoms with van der Waals surface area (Å²) in [7, 11) is 0. The van der Waals surface area contributed by atoms with Crippen LogP contribution in [0.5, 0.6) is 0 Å². The Hall–Kier alpha value is -2.15. The van der Waals surface area contributed by atoms with E-state index >= 15 is 0 Å². The molecule has 160 valence electrons. The number of ether oxygens (including phenoxy) is 1. The Kier molecular flexibility index (Phi) is 6.46. The summed E-state index contributed by atoms with van der Waals surface area (Å²) in [4.78, 5) is 28.9. The van der Waals surface area contributed by atoms with Crippen LogP contribution in [-0.4, -0.2) is 59.6 Å². The lowest BCUT2D eigenvalue weighted by Crippen LogP contribution is -2.47. The zero-order valence-electron chi connectivity index (χ0n) is 17.6. The van der Waals surface area contributed by atoms with Gasteiger partial charge in [0.1, 0.15) is 11.4 Å². The van der Waals surface area contributed by atoms with Gasteiger partial charge in [-0.3, -0.25) is 4.79 Å². The number of carbonyl (C=O) groups excluding carboxylic acids is 2. The minimum atomic E-state index is -0.580. The molecule has 2 amide bonds. The van der Waals surface area contributed by atoms with Gasteiger partial charge in [0.2, 0.25) is 5.91 Å². The molecular formula is C22H32FN3O3. The van der Waals surface area contributed by atoms with Gasteiger partial charge in [0.15, 0.2) is 0 Å². The molecule has 0 bridgehead atoms. The number of likely N-dealkylation sites (tertiary alicyclic amines) is 2. The van der Waals surface area contributed by atoms with Crippen molar-refractivity contribution in [3.8, 4) is 0 Å². The van der Waals surface area contributed by atoms with E-state index in [2.05, 4.69) is 0 Å². The monoisotopic (exact) mass is 405 g/mol. The molecular weight excluding hydrogens is 373 g/mol. The van der Waals surface area contributed by atoms with Crippen LogP contribution in [0.4, 0.5) is 9.18 Å². The maximum absolute atomic E-state index is 13.1. The minimum Gasteiger partial charge on any atom is -0.444 e. The first-order valence-corrected chi connectivity index (χ1v) is 10.4. The van der Waals surface area contributed by atoms with Crippen LogP contribution in [0.15, 0.2) is 24.3 Å². The number of nitrogens with two attached hydrogens (primary N) is 1. The van der Waals surface area contributed by atoms with Crippen molar-refractivity contribution in [2.45, 2.75) is 51.7 Å². The van der Waals surface area contributed by atoms with Gasteiger partial charge in [-0.25, -0.2) is 9.18 Å². The molecule has 0 aliphatic carbocycles. The number of rotatable bonds is 3. The standard InChI is InChI=1S/C22H32FN3O3/c1-22(2,3)29-21(28)26-13-18(19(24)14-26)20(27)25-10-4-5-16(12-25)11-15-6-8-17(23)9-7-15/h6-9,16,18-19H,4-5,10-14,24H2,1-3H3/t16-,18+,19+/m0/s1. The van der Waals surface area contributed by atoms with Crippen molar-refractivity contribution >= 4 is 12.0 Å². The van der Waals surface area contributed by atoms with E-state index in [0.717, 1.165) is 24.8 Å². The first kappa shape index (κ1) is 21.6. The average Bonchev–Trinajstić information content (AvgIpc) is 3.04. The molecule has 1 aromatic rings. The van der Waals surface area contributed by atoms with Gasteiger partial charge in [0.05, 0.1) is 5.92 Å². The molecule has 2 fully saturated rings. The largest absolute Gasteiger partial charge is 0.444 e. The fourth-order valence-corrected chi connectivity index (χ4v) is 4.19. The van der Waals surface area contributed by atoms with Crippen molar-refractivity contribution in [1.82, 2.24) is 9.80 Å². The topological polar surface area (TPSA) is 75.9 Å². The zero-order valence-corrected chi connectivity index (χ0v) is 17.6. The van der Waals surface area contributed by atoms with E-state index in [9.17, 15) is 14.0 Å². The summed E-state index contributed by atoms with van der Waals surface area (Å²) in [5.41, 5.74) is 6.72. The van der Waals surface area contributed by atoms with Gasteiger partial charge in [-0.05, 0) is 63.6 Å². The first-order valence-electron chi connectivity index (χ1n) is 10.4. The van der Waals surface area contributed by atoms with Gasteiger partial charge >= 0.3 is 6.09 Å². The number of piperidine rings is 1. The summed E-state index contributed by atoms with van der Waals surface area (Å²) in [5.74, 6) is -0.267. The number of halogens is 1. The van der Waals surface area contributed by atoms with E-state index in [1.807, 2.05) is 37.8 Å². The van der Waals surface area contributed by atoms with Crippen LogP contribution in [-0.2, 0) is 16.0 Å². The Balaban J connectivity index is 1.57. The quantitative estimate of drug-likeness (QED) is 0.839. The van der Waals surface area contributed by atoms with Crippen LogP contribution in [0.25, 0.3) is 0 Å². The van der Waals surface area contributed by atoms with Crippen molar-refractivity contribution in [2.24, 2.45) is 17.6 Å². The van der Waals surface area contributed by atoms with Crippen molar-refractivity contribution in [1.29, 1.82) is 0 Å². The molecule has 2 heterocycles. The van der Waals surface area contributed by atoms with Gasteiger partial charge in [-0.2, -0.15) is 0 Å². The van der Waals surface area contributed by atoms with Gasteiger partial charge in [0, 0.05) is 32.2 Å². The van der Waals surface area contributed by atoms with Crippen LogP contribution >= 0.6 is 0 Å². The molecule has 2 aliphatic rings. The number of carbonyl (C=O) groups is 2. The lowest BCUT2D eigenvalue weighted by Gasteiger charge is -2.35. The third-order valence-electron chi connectivity index (χ3n) is 5.60. The molecule has 0 unspecified atom stereocenters. The molecule has 2 saturated heterocycles. The number of amides is 2. The lowest BCUT2D eigenvalue weighted by atomic mass is 9.90. The minimum absolute atomic E-state index is 0.0207. The molecule has 29 heavy (non-hydrogen) atoms. The van der Waals surface area contributed by atoms with E-state index in [-0.39, 0.29) is 17.8 Å². The molecule has 7 heteroatoms. The van der Waals surface area contributed by atoms with Gasteiger partial charge in [-0.15, -0.1) is 0 Å². The maximum atomic E-state index is 13.1. The Morgan fingerprint density at radius 3 is 2.48 bits per heavy atom. The third kappa shape index (κ3) is 5.69. The fourth-order valence-electron chi connectivity index (χ4n) is 4.19. The smallest absolute Gasteiger partial charge is 0.410 e. The van der Waals surface area contributed by atoms with Crippen LogP contribution < -0.4 is 5.73 Å². The van der Waals surface area contributed by atoms with Gasteiger partial charge in [-0.1, -0.05) is 12.1 Å². The predicted molar refractivity (Wildman–Crippen MR) is 109 cm³/mol. The van der Waals surface area contributed by atoms with Crippen LogP contribution in [0, 0.1) is 17.7 Å². The lowest BCUT2D eigenvalue weighted by molar-refractivity contribution is -0.137. The second-order valence-electron chi connectivity index (χ2n) is 9.28. The van der Waals surface area contributed by atoms with E-state index in [0.29, 0.717) is 32.1 Å². The first-order chi connectivity index (χ1) is 13.6. The summed E-state index contributed by atoms with van der Waals surface area (Å²) >= 11 is 0. The maximum Gasteiger partial charge on any atom is 0.410 e. The Morgan fingerprint density at radius 2 is 1.83 bits per heavy atom. The van der Waals surface area contributed by atoms with E-state index in [1.165, 1.54) is 12.1 Å². The highest BCUT2D eigenvalue weighted by Gasteiger charge is 2.41. The molecule has 0 spiro atoms. The molecule has 1 aromatic carbocycles. The average molecular weight is 406 g/mol.